The van der Waals surface area contributed by atoms with E-state index in [2.05, 4.69) is 4.90 Å². The van der Waals surface area contributed by atoms with Gasteiger partial charge in [-0.05, 0) is 32.9 Å². The molecule has 3 rings (SSSR count). The monoisotopic (exact) mass is 359 g/mol. The van der Waals surface area contributed by atoms with Gasteiger partial charge in [0.1, 0.15) is 5.60 Å². The van der Waals surface area contributed by atoms with Gasteiger partial charge in [0.2, 0.25) is 0 Å². The van der Waals surface area contributed by atoms with Crippen LogP contribution in [0.1, 0.15) is 41.5 Å². The number of carbonyl (C=O) groups excluding carboxylic acids is 3. The summed E-state index contributed by atoms with van der Waals surface area (Å²) in [5.74, 6) is -0.448. The largest absolute Gasteiger partial charge is 0.444 e. The zero-order valence-electron chi connectivity index (χ0n) is 15.5. The quantitative estimate of drug-likeness (QED) is 0.770. The third-order valence-electron chi connectivity index (χ3n) is 4.54. The van der Waals surface area contributed by atoms with Crippen molar-refractivity contribution in [2.45, 2.75) is 26.4 Å². The van der Waals surface area contributed by atoms with Gasteiger partial charge in [-0.25, -0.2) is 4.79 Å². The van der Waals surface area contributed by atoms with Gasteiger partial charge in [0.15, 0.2) is 0 Å². The molecule has 0 aliphatic carbocycles. The summed E-state index contributed by atoms with van der Waals surface area (Å²) in [5.41, 5.74) is 0.458. The number of carbonyl (C=O) groups is 3. The maximum absolute atomic E-state index is 12.4. The van der Waals surface area contributed by atoms with Crippen LogP contribution in [-0.4, -0.2) is 77.5 Å². The molecule has 0 bridgehead atoms. The number of nitrogens with zero attached hydrogens (tertiary/aromatic N) is 3. The molecule has 2 aliphatic heterocycles. The van der Waals surface area contributed by atoms with Gasteiger partial charge in [-0.2, -0.15) is 0 Å². The van der Waals surface area contributed by atoms with Crippen molar-refractivity contribution in [2.75, 3.05) is 39.3 Å². The van der Waals surface area contributed by atoms with Gasteiger partial charge in [-0.15, -0.1) is 0 Å². The smallest absolute Gasteiger partial charge is 0.410 e. The fourth-order valence-corrected chi connectivity index (χ4v) is 3.16. The summed E-state index contributed by atoms with van der Waals surface area (Å²) in [6, 6.07) is 6.91. The highest BCUT2D eigenvalue weighted by atomic mass is 16.6. The zero-order valence-corrected chi connectivity index (χ0v) is 15.5. The number of amides is 3. The van der Waals surface area contributed by atoms with Crippen molar-refractivity contribution in [2.24, 2.45) is 0 Å². The minimum atomic E-state index is -0.500. The van der Waals surface area contributed by atoms with Gasteiger partial charge in [0, 0.05) is 39.3 Å². The van der Waals surface area contributed by atoms with Gasteiger partial charge < -0.3 is 9.64 Å². The molecule has 7 heteroatoms. The summed E-state index contributed by atoms with van der Waals surface area (Å²) in [7, 11) is 0. The Bertz CT molecular complexity index is 683. The van der Waals surface area contributed by atoms with Crippen molar-refractivity contribution in [1.82, 2.24) is 14.7 Å². The van der Waals surface area contributed by atoms with Crippen LogP contribution in [0.3, 0.4) is 0 Å². The number of imide groups is 1. The zero-order chi connectivity index (χ0) is 18.9. The van der Waals surface area contributed by atoms with Gasteiger partial charge in [-0.3, -0.25) is 19.4 Å². The first-order valence-electron chi connectivity index (χ1n) is 8.92. The molecule has 0 N–H and O–H groups in total. The number of hydrogen-bond donors (Lipinski definition) is 0. The summed E-state index contributed by atoms with van der Waals surface area (Å²) in [6.07, 6.45) is -0.294. The Hall–Kier alpha value is -2.41. The van der Waals surface area contributed by atoms with E-state index in [0.717, 1.165) is 0 Å². The molecule has 0 saturated carbocycles. The molecular formula is C19H25N3O4. The number of piperazine rings is 1. The number of fused-ring (bicyclic) bond motifs is 1. The Balaban J connectivity index is 1.48. The van der Waals surface area contributed by atoms with Crippen LogP contribution in [0, 0.1) is 0 Å². The topological polar surface area (TPSA) is 70.2 Å². The summed E-state index contributed by atoms with van der Waals surface area (Å²) < 4.78 is 5.39. The van der Waals surface area contributed by atoms with E-state index in [-0.39, 0.29) is 17.9 Å². The lowest BCUT2D eigenvalue weighted by Gasteiger charge is -2.36. The van der Waals surface area contributed by atoms with E-state index in [0.29, 0.717) is 50.4 Å². The molecule has 7 nitrogen and oxygen atoms in total. The summed E-state index contributed by atoms with van der Waals surface area (Å²) in [6.45, 7) is 9.07. The summed E-state index contributed by atoms with van der Waals surface area (Å²) in [5, 5.41) is 0. The van der Waals surface area contributed by atoms with Crippen LogP contribution in [0.15, 0.2) is 24.3 Å². The van der Waals surface area contributed by atoms with Crippen molar-refractivity contribution in [3.05, 3.63) is 35.4 Å². The number of hydrogen-bond acceptors (Lipinski definition) is 5. The van der Waals surface area contributed by atoms with E-state index in [1.807, 2.05) is 20.8 Å². The molecule has 3 amide bonds. The van der Waals surface area contributed by atoms with Crippen LogP contribution in [-0.2, 0) is 4.74 Å². The lowest BCUT2D eigenvalue weighted by molar-refractivity contribution is 0.0141. The lowest BCUT2D eigenvalue weighted by atomic mass is 10.1. The van der Waals surface area contributed by atoms with Gasteiger partial charge in [-0.1, -0.05) is 12.1 Å². The Morgan fingerprint density at radius 2 is 1.50 bits per heavy atom. The molecule has 1 aromatic rings. The Kier molecular flexibility index (Phi) is 5.00. The first kappa shape index (κ1) is 18.4. The van der Waals surface area contributed by atoms with E-state index in [9.17, 15) is 14.4 Å². The first-order chi connectivity index (χ1) is 12.3. The molecule has 2 aliphatic rings. The van der Waals surface area contributed by atoms with Crippen LogP contribution in [0.4, 0.5) is 4.79 Å². The second-order valence-corrected chi connectivity index (χ2v) is 7.62. The van der Waals surface area contributed by atoms with E-state index in [1.165, 1.54) is 4.90 Å². The maximum Gasteiger partial charge on any atom is 0.410 e. The second-order valence-electron chi connectivity index (χ2n) is 7.62. The number of rotatable bonds is 3. The molecule has 1 saturated heterocycles. The standard InChI is InChI=1S/C19H25N3O4/c1-19(2,3)26-18(25)21-11-8-20(9-12-21)10-13-22-16(23)14-6-4-5-7-15(14)17(22)24/h4-7H,8-13H2,1-3H3. The third-order valence-corrected chi connectivity index (χ3v) is 4.54. The average Bonchev–Trinajstić information content (AvgIpc) is 2.83. The van der Waals surface area contributed by atoms with Gasteiger partial charge in [0.05, 0.1) is 11.1 Å². The fourth-order valence-electron chi connectivity index (χ4n) is 3.16. The molecule has 140 valence electrons. The van der Waals surface area contributed by atoms with E-state index >= 15 is 0 Å². The van der Waals surface area contributed by atoms with Crippen LogP contribution in [0.5, 0.6) is 0 Å². The maximum atomic E-state index is 12.4. The Morgan fingerprint density at radius 1 is 0.962 bits per heavy atom. The van der Waals surface area contributed by atoms with Crippen molar-refractivity contribution in [3.63, 3.8) is 0 Å². The van der Waals surface area contributed by atoms with Gasteiger partial charge >= 0.3 is 6.09 Å². The molecule has 26 heavy (non-hydrogen) atoms. The average molecular weight is 359 g/mol. The highest BCUT2D eigenvalue weighted by molar-refractivity contribution is 6.21. The van der Waals surface area contributed by atoms with Crippen molar-refractivity contribution in [1.29, 1.82) is 0 Å². The SMILES string of the molecule is CC(C)(C)OC(=O)N1CCN(CCN2C(=O)c3ccccc3C2=O)CC1. The molecule has 0 unspecified atom stereocenters. The molecule has 0 spiro atoms. The van der Waals surface area contributed by atoms with Crippen molar-refractivity contribution < 1.29 is 19.1 Å². The number of benzene rings is 1. The normalized spacial score (nSPS) is 18.3. The van der Waals surface area contributed by atoms with Crippen LogP contribution >= 0.6 is 0 Å². The second kappa shape index (κ2) is 7.07. The lowest BCUT2D eigenvalue weighted by Crippen LogP contribution is -2.51. The van der Waals surface area contributed by atoms with Gasteiger partial charge in [0.25, 0.3) is 11.8 Å². The summed E-state index contributed by atoms with van der Waals surface area (Å²) >= 11 is 0. The molecule has 1 fully saturated rings. The van der Waals surface area contributed by atoms with Crippen LogP contribution < -0.4 is 0 Å². The molecule has 0 aromatic heterocycles. The molecule has 2 heterocycles. The predicted octanol–water partition coefficient (Wildman–Crippen LogP) is 1.84. The van der Waals surface area contributed by atoms with Crippen molar-refractivity contribution in [3.8, 4) is 0 Å². The van der Waals surface area contributed by atoms with E-state index in [4.69, 9.17) is 4.74 Å². The number of ether oxygens (including phenoxy) is 1. The van der Waals surface area contributed by atoms with E-state index < -0.39 is 5.60 Å². The Labute approximate surface area is 153 Å². The van der Waals surface area contributed by atoms with Crippen LogP contribution in [0.2, 0.25) is 0 Å². The van der Waals surface area contributed by atoms with Crippen molar-refractivity contribution >= 4 is 17.9 Å². The third kappa shape index (κ3) is 3.88. The first-order valence-corrected chi connectivity index (χ1v) is 8.92. The highest BCUT2D eigenvalue weighted by Crippen LogP contribution is 2.22. The van der Waals surface area contributed by atoms with E-state index in [1.54, 1.807) is 29.2 Å². The molecule has 0 radical (unpaired) electrons. The minimum absolute atomic E-state index is 0.224. The predicted molar refractivity (Wildman–Crippen MR) is 96.1 cm³/mol. The fraction of sp³-hybridized carbons (Fsp3) is 0.526. The highest BCUT2D eigenvalue weighted by Gasteiger charge is 2.35. The molecule has 1 aromatic carbocycles. The summed E-state index contributed by atoms with van der Waals surface area (Å²) in [4.78, 5) is 42.0. The minimum Gasteiger partial charge on any atom is -0.444 e. The molecule has 0 atom stereocenters. The molecular weight excluding hydrogens is 334 g/mol. The van der Waals surface area contributed by atoms with Crippen LogP contribution in [0.25, 0.3) is 0 Å². The Morgan fingerprint density at radius 3 is 2.00 bits per heavy atom.